The number of nitrogens with zero attached hydrogens (tertiary/aromatic N) is 4. The molecule has 1 aliphatic rings. The topological polar surface area (TPSA) is 67.5 Å². The van der Waals surface area contributed by atoms with Gasteiger partial charge >= 0.3 is 0 Å². The molecule has 1 N–H and O–H groups in total. The molecule has 0 aliphatic carbocycles. The first-order valence-corrected chi connectivity index (χ1v) is 5.48. The molecule has 1 aliphatic heterocycles. The average Bonchev–Trinajstić information content (AvgIpc) is 2.86. The van der Waals surface area contributed by atoms with Crippen LogP contribution in [0, 0.1) is 25.2 Å². The van der Waals surface area contributed by atoms with Crippen LogP contribution in [0.25, 0.3) is 0 Å². The zero-order chi connectivity index (χ0) is 11.5. The highest BCUT2D eigenvalue weighted by Gasteiger charge is 2.12. The van der Waals surface area contributed by atoms with Crippen LogP contribution >= 0.6 is 0 Å². The summed E-state index contributed by atoms with van der Waals surface area (Å²) in [5.41, 5.74) is 2.53. The van der Waals surface area contributed by atoms with Gasteiger partial charge in [-0.1, -0.05) is 5.22 Å². The van der Waals surface area contributed by atoms with Gasteiger partial charge < -0.3 is 4.98 Å². The number of H-pyrrole nitrogens is 1. The van der Waals surface area contributed by atoms with Gasteiger partial charge in [-0.3, -0.25) is 5.01 Å². The minimum atomic E-state index is 0.574. The number of aromatic nitrogens is 1. The van der Waals surface area contributed by atoms with Gasteiger partial charge in [0.2, 0.25) is 0 Å². The summed E-state index contributed by atoms with van der Waals surface area (Å²) in [5, 5.41) is 19.2. The van der Waals surface area contributed by atoms with Crippen LogP contribution in [0.5, 0.6) is 0 Å². The van der Waals surface area contributed by atoms with E-state index in [1.165, 1.54) is 12.8 Å². The summed E-state index contributed by atoms with van der Waals surface area (Å²) in [4.78, 5) is 3.08. The lowest BCUT2D eigenvalue weighted by Gasteiger charge is -2.05. The Morgan fingerprint density at radius 3 is 2.62 bits per heavy atom. The predicted molar refractivity (Wildman–Crippen MR) is 60.3 cm³/mol. The van der Waals surface area contributed by atoms with Gasteiger partial charge in [0.15, 0.2) is 5.82 Å². The number of aromatic amines is 1. The second-order valence-corrected chi connectivity index (χ2v) is 4.06. The van der Waals surface area contributed by atoms with Crippen molar-refractivity contribution < 1.29 is 0 Å². The Morgan fingerprint density at radius 2 is 2.00 bits per heavy atom. The highest BCUT2D eigenvalue weighted by atomic mass is 15.5. The zero-order valence-corrected chi connectivity index (χ0v) is 9.62. The van der Waals surface area contributed by atoms with Crippen molar-refractivity contribution in [1.82, 2.24) is 9.99 Å². The number of aryl methyl sites for hydroxylation is 1. The monoisotopic (exact) mass is 217 g/mol. The molecule has 0 aromatic carbocycles. The summed E-state index contributed by atoms with van der Waals surface area (Å²) >= 11 is 0. The van der Waals surface area contributed by atoms with Crippen LogP contribution in [0.15, 0.2) is 10.3 Å². The van der Waals surface area contributed by atoms with Gasteiger partial charge in [0.25, 0.3) is 0 Å². The molecule has 0 atom stereocenters. The van der Waals surface area contributed by atoms with E-state index in [0.717, 1.165) is 24.3 Å². The molecule has 16 heavy (non-hydrogen) atoms. The standard InChI is InChI=1S/C11H15N5/c1-8-9(2)13-11(10(8)7-12)14-15-16-5-3-4-6-16/h13H,3-6H2,1-2H3/b15-14+. The fourth-order valence-corrected chi connectivity index (χ4v) is 1.81. The fraction of sp³-hybridized carbons (Fsp3) is 0.545. The first kappa shape index (κ1) is 10.7. The largest absolute Gasteiger partial charge is 0.341 e. The van der Waals surface area contributed by atoms with E-state index < -0.39 is 0 Å². The lowest BCUT2D eigenvalue weighted by Crippen LogP contribution is -2.09. The molecule has 0 spiro atoms. The molecule has 1 saturated heterocycles. The minimum Gasteiger partial charge on any atom is -0.341 e. The molecule has 0 amide bonds. The van der Waals surface area contributed by atoms with E-state index in [9.17, 15) is 0 Å². The van der Waals surface area contributed by atoms with E-state index in [1.807, 2.05) is 18.9 Å². The highest BCUT2D eigenvalue weighted by Crippen LogP contribution is 2.24. The molecule has 0 unspecified atom stereocenters. The van der Waals surface area contributed by atoms with E-state index in [-0.39, 0.29) is 0 Å². The summed E-state index contributed by atoms with van der Waals surface area (Å²) in [7, 11) is 0. The van der Waals surface area contributed by atoms with E-state index in [4.69, 9.17) is 5.26 Å². The normalized spacial score (nSPS) is 15.9. The second-order valence-electron chi connectivity index (χ2n) is 4.06. The van der Waals surface area contributed by atoms with Crippen molar-refractivity contribution >= 4 is 5.82 Å². The van der Waals surface area contributed by atoms with Crippen molar-refractivity contribution in [1.29, 1.82) is 5.26 Å². The molecular formula is C11H15N5. The molecule has 0 radical (unpaired) electrons. The maximum atomic E-state index is 9.02. The Bertz CT molecular complexity index is 446. The Balaban J connectivity index is 2.21. The smallest absolute Gasteiger partial charge is 0.172 e. The summed E-state index contributed by atoms with van der Waals surface area (Å²) < 4.78 is 0. The summed E-state index contributed by atoms with van der Waals surface area (Å²) in [5.74, 6) is 0.574. The van der Waals surface area contributed by atoms with Crippen molar-refractivity contribution in [3.05, 3.63) is 16.8 Å². The maximum Gasteiger partial charge on any atom is 0.172 e. The van der Waals surface area contributed by atoms with Gasteiger partial charge in [0.1, 0.15) is 11.6 Å². The van der Waals surface area contributed by atoms with Crippen molar-refractivity contribution in [2.24, 2.45) is 10.3 Å². The Labute approximate surface area is 94.8 Å². The van der Waals surface area contributed by atoms with Crippen LogP contribution in [0.1, 0.15) is 29.7 Å². The molecule has 2 heterocycles. The minimum absolute atomic E-state index is 0.574. The summed E-state index contributed by atoms with van der Waals surface area (Å²) in [6, 6.07) is 2.16. The average molecular weight is 217 g/mol. The summed E-state index contributed by atoms with van der Waals surface area (Å²) in [6.45, 7) is 5.78. The number of hydrogen-bond donors (Lipinski definition) is 1. The van der Waals surface area contributed by atoms with Crippen LogP contribution in [0.3, 0.4) is 0 Å². The first-order chi connectivity index (χ1) is 7.72. The van der Waals surface area contributed by atoms with Gasteiger partial charge in [0.05, 0.1) is 0 Å². The number of nitriles is 1. The van der Waals surface area contributed by atoms with Crippen LogP contribution in [0.4, 0.5) is 5.82 Å². The Morgan fingerprint density at radius 1 is 1.31 bits per heavy atom. The van der Waals surface area contributed by atoms with Crippen molar-refractivity contribution in [3.8, 4) is 6.07 Å². The fourth-order valence-electron chi connectivity index (χ4n) is 1.81. The third-order valence-corrected chi connectivity index (χ3v) is 2.95. The van der Waals surface area contributed by atoms with E-state index >= 15 is 0 Å². The van der Waals surface area contributed by atoms with Crippen molar-refractivity contribution in [2.75, 3.05) is 13.1 Å². The van der Waals surface area contributed by atoms with Crippen LogP contribution in [-0.2, 0) is 0 Å². The van der Waals surface area contributed by atoms with Gasteiger partial charge in [-0.2, -0.15) is 5.26 Å². The molecule has 0 bridgehead atoms. The van der Waals surface area contributed by atoms with Crippen LogP contribution in [0.2, 0.25) is 0 Å². The van der Waals surface area contributed by atoms with Gasteiger partial charge in [-0.15, -0.1) is 5.11 Å². The van der Waals surface area contributed by atoms with Crippen molar-refractivity contribution in [3.63, 3.8) is 0 Å². The molecule has 1 aromatic heterocycles. The quantitative estimate of drug-likeness (QED) is 0.773. The zero-order valence-electron chi connectivity index (χ0n) is 9.62. The van der Waals surface area contributed by atoms with Crippen LogP contribution in [-0.4, -0.2) is 23.1 Å². The molecule has 5 heteroatoms. The SMILES string of the molecule is Cc1[nH]c(/N=N/N2CCCC2)c(C#N)c1C. The van der Waals surface area contributed by atoms with E-state index in [2.05, 4.69) is 21.4 Å². The number of rotatable bonds is 2. The molecule has 84 valence electrons. The van der Waals surface area contributed by atoms with Crippen LogP contribution < -0.4 is 0 Å². The third kappa shape index (κ3) is 1.91. The molecule has 0 saturated carbocycles. The molecule has 5 nitrogen and oxygen atoms in total. The number of nitrogens with one attached hydrogen (secondary N) is 1. The third-order valence-electron chi connectivity index (χ3n) is 2.95. The predicted octanol–water partition coefficient (Wildman–Crippen LogP) is 2.60. The van der Waals surface area contributed by atoms with Gasteiger partial charge in [-0.05, 0) is 32.3 Å². The lowest BCUT2D eigenvalue weighted by molar-refractivity contribution is 0.336. The van der Waals surface area contributed by atoms with Gasteiger partial charge in [-0.25, -0.2) is 0 Å². The van der Waals surface area contributed by atoms with Gasteiger partial charge in [0, 0.05) is 18.8 Å². The molecule has 1 aromatic rings. The van der Waals surface area contributed by atoms with Crippen molar-refractivity contribution in [2.45, 2.75) is 26.7 Å². The Kier molecular flexibility index (Phi) is 2.91. The lowest BCUT2D eigenvalue weighted by atomic mass is 10.2. The summed E-state index contributed by atoms with van der Waals surface area (Å²) in [6.07, 6.45) is 2.35. The van der Waals surface area contributed by atoms with E-state index in [1.54, 1.807) is 0 Å². The van der Waals surface area contributed by atoms with E-state index in [0.29, 0.717) is 11.4 Å². The molecule has 2 rings (SSSR count). The molecular weight excluding hydrogens is 202 g/mol. The Hall–Kier alpha value is -1.83. The highest BCUT2D eigenvalue weighted by molar-refractivity contribution is 5.55. The second kappa shape index (κ2) is 4.35. The molecule has 1 fully saturated rings. The first-order valence-electron chi connectivity index (χ1n) is 5.48. The maximum absolute atomic E-state index is 9.02. The number of hydrogen-bond acceptors (Lipinski definition) is 3.